The summed E-state index contributed by atoms with van der Waals surface area (Å²) >= 11 is 0. The van der Waals surface area contributed by atoms with Gasteiger partial charge in [-0.2, -0.15) is 0 Å². The van der Waals surface area contributed by atoms with Crippen LogP contribution in [-0.4, -0.2) is 18.4 Å². The van der Waals surface area contributed by atoms with Gasteiger partial charge in [-0.05, 0) is 18.3 Å². The molecule has 2 atom stereocenters. The Bertz CT molecular complexity index is 148. The zero-order valence-corrected chi connectivity index (χ0v) is 7.48. The average molecular weight is 154 g/mol. The van der Waals surface area contributed by atoms with Crippen molar-refractivity contribution in [2.24, 2.45) is 5.41 Å². The lowest BCUT2D eigenvalue weighted by Gasteiger charge is -2.27. The van der Waals surface area contributed by atoms with Crippen LogP contribution in [0, 0.1) is 5.41 Å². The van der Waals surface area contributed by atoms with Crippen LogP contribution in [0.1, 0.15) is 33.6 Å². The first kappa shape index (κ1) is 8.72. The van der Waals surface area contributed by atoms with Crippen LogP contribution >= 0.6 is 0 Å². The van der Waals surface area contributed by atoms with Crippen LogP contribution in [-0.2, 0) is 4.79 Å². The van der Waals surface area contributed by atoms with Gasteiger partial charge in [0.25, 0.3) is 0 Å². The summed E-state index contributed by atoms with van der Waals surface area (Å²) in [7, 11) is 0. The fraction of sp³-hybridized carbons (Fsp3) is 0.889. The van der Waals surface area contributed by atoms with Crippen molar-refractivity contribution in [3.63, 3.8) is 0 Å². The first-order valence-corrected chi connectivity index (χ1v) is 4.18. The maximum Gasteiger partial charge on any atom is 0.216 e. The maximum absolute atomic E-state index is 10.3. The van der Waals surface area contributed by atoms with Gasteiger partial charge in [0.05, 0.1) is 6.04 Å². The SMILES string of the molecule is CC(C)(C)C1CCC([C]=O)N1. The molecule has 1 aliphatic rings. The molecule has 1 N–H and O–H groups in total. The second kappa shape index (κ2) is 2.94. The molecule has 1 aliphatic heterocycles. The molecule has 0 aliphatic carbocycles. The van der Waals surface area contributed by atoms with Crippen LogP contribution in [0.15, 0.2) is 0 Å². The molecule has 0 aromatic carbocycles. The van der Waals surface area contributed by atoms with E-state index in [9.17, 15) is 4.79 Å². The Morgan fingerprint density at radius 1 is 1.36 bits per heavy atom. The summed E-state index contributed by atoms with van der Waals surface area (Å²) in [6, 6.07) is 0.466. The topological polar surface area (TPSA) is 29.1 Å². The van der Waals surface area contributed by atoms with Gasteiger partial charge >= 0.3 is 0 Å². The highest BCUT2D eigenvalue weighted by atomic mass is 16.1. The summed E-state index contributed by atoms with van der Waals surface area (Å²) in [5, 5.41) is 3.26. The molecule has 0 bridgehead atoms. The van der Waals surface area contributed by atoms with E-state index in [-0.39, 0.29) is 11.5 Å². The van der Waals surface area contributed by atoms with Crippen molar-refractivity contribution < 1.29 is 4.79 Å². The number of carbonyl (C=O) groups excluding carboxylic acids is 1. The molecule has 2 heteroatoms. The van der Waals surface area contributed by atoms with Gasteiger partial charge in [0.2, 0.25) is 6.29 Å². The van der Waals surface area contributed by atoms with Gasteiger partial charge in [-0.15, -0.1) is 0 Å². The molecule has 11 heavy (non-hydrogen) atoms. The summed E-state index contributed by atoms with van der Waals surface area (Å²) in [5.74, 6) is 0. The van der Waals surface area contributed by atoms with Crippen LogP contribution < -0.4 is 5.32 Å². The van der Waals surface area contributed by atoms with Gasteiger partial charge in [-0.25, -0.2) is 0 Å². The van der Waals surface area contributed by atoms with Gasteiger partial charge in [0, 0.05) is 6.04 Å². The fourth-order valence-corrected chi connectivity index (χ4v) is 1.52. The second-order valence-corrected chi connectivity index (χ2v) is 4.33. The number of hydrogen-bond acceptors (Lipinski definition) is 2. The molecule has 1 heterocycles. The Labute approximate surface area is 68.4 Å². The lowest BCUT2D eigenvalue weighted by molar-refractivity contribution is 0.291. The van der Waals surface area contributed by atoms with Crippen LogP contribution in [0.2, 0.25) is 0 Å². The van der Waals surface area contributed by atoms with E-state index in [0.717, 1.165) is 12.8 Å². The van der Waals surface area contributed by atoms with E-state index in [4.69, 9.17) is 0 Å². The quantitative estimate of drug-likeness (QED) is 0.616. The van der Waals surface area contributed by atoms with Crippen molar-refractivity contribution in [3.05, 3.63) is 0 Å². The summed E-state index contributed by atoms with van der Waals surface area (Å²) < 4.78 is 0. The van der Waals surface area contributed by atoms with Crippen molar-refractivity contribution in [1.82, 2.24) is 5.32 Å². The highest BCUT2D eigenvalue weighted by Gasteiger charge is 2.32. The maximum atomic E-state index is 10.3. The fourth-order valence-electron chi connectivity index (χ4n) is 1.52. The summed E-state index contributed by atoms with van der Waals surface area (Å²) in [5.41, 5.74) is 0.269. The zero-order chi connectivity index (χ0) is 8.48. The third kappa shape index (κ3) is 2.03. The van der Waals surface area contributed by atoms with Crippen LogP contribution in [0.3, 0.4) is 0 Å². The van der Waals surface area contributed by atoms with E-state index < -0.39 is 0 Å². The van der Waals surface area contributed by atoms with E-state index in [0.29, 0.717) is 6.04 Å². The van der Waals surface area contributed by atoms with E-state index in [1.165, 1.54) is 0 Å². The molecule has 0 amide bonds. The molecule has 0 aromatic rings. The predicted octanol–water partition coefficient (Wildman–Crippen LogP) is 1.26. The highest BCUT2D eigenvalue weighted by Crippen LogP contribution is 2.27. The van der Waals surface area contributed by atoms with E-state index in [2.05, 4.69) is 26.1 Å². The van der Waals surface area contributed by atoms with Gasteiger partial charge in [-0.1, -0.05) is 20.8 Å². The molecule has 2 unspecified atom stereocenters. The Balaban J connectivity index is 2.48. The van der Waals surface area contributed by atoms with Crippen molar-refractivity contribution in [3.8, 4) is 0 Å². The Morgan fingerprint density at radius 2 is 2.00 bits per heavy atom. The third-order valence-electron chi connectivity index (χ3n) is 2.33. The van der Waals surface area contributed by atoms with Gasteiger partial charge < -0.3 is 5.32 Å². The van der Waals surface area contributed by atoms with Crippen LogP contribution in [0.5, 0.6) is 0 Å². The van der Waals surface area contributed by atoms with Gasteiger partial charge in [0.15, 0.2) is 0 Å². The lowest BCUT2D eigenvalue weighted by atomic mass is 9.86. The molecule has 0 aromatic heterocycles. The Kier molecular flexibility index (Phi) is 2.33. The molecule has 2 nitrogen and oxygen atoms in total. The number of nitrogens with one attached hydrogen (secondary N) is 1. The molecular weight excluding hydrogens is 138 g/mol. The predicted molar refractivity (Wildman–Crippen MR) is 45.1 cm³/mol. The highest BCUT2D eigenvalue weighted by molar-refractivity contribution is 5.59. The Morgan fingerprint density at radius 3 is 2.27 bits per heavy atom. The second-order valence-electron chi connectivity index (χ2n) is 4.33. The van der Waals surface area contributed by atoms with E-state index >= 15 is 0 Å². The standard InChI is InChI=1S/C9H16NO/c1-9(2,3)8-5-4-7(6-11)10-8/h7-8,10H,4-5H2,1-3H3. The lowest BCUT2D eigenvalue weighted by Crippen LogP contribution is -2.39. The van der Waals surface area contributed by atoms with Crippen molar-refractivity contribution in [2.75, 3.05) is 0 Å². The summed E-state index contributed by atoms with van der Waals surface area (Å²) in [6.07, 6.45) is 4.06. The van der Waals surface area contributed by atoms with Crippen molar-refractivity contribution in [1.29, 1.82) is 0 Å². The first-order chi connectivity index (χ1) is 5.04. The van der Waals surface area contributed by atoms with Crippen LogP contribution in [0.4, 0.5) is 0 Å². The molecule has 0 saturated carbocycles. The smallest absolute Gasteiger partial charge is 0.216 e. The minimum atomic E-state index is -0.0146. The molecule has 1 radical (unpaired) electrons. The monoisotopic (exact) mass is 154 g/mol. The Hall–Kier alpha value is -0.370. The number of rotatable bonds is 1. The molecular formula is C9H16NO. The van der Waals surface area contributed by atoms with E-state index in [1.54, 1.807) is 0 Å². The van der Waals surface area contributed by atoms with Crippen LogP contribution in [0.25, 0.3) is 0 Å². The van der Waals surface area contributed by atoms with Gasteiger partial charge in [0.1, 0.15) is 0 Å². The molecule has 1 fully saturated rings. The van der Waals surface area contributed by atoms with Crippen molar-refractivity contribution >= 4 is 6.29 Å². The zero-order valence-electron chi connectivity index (χ0n) is 7.48. The normalized spacial score (nSPS) is 32.3. The third-order valence-corrected chi connectivity index (χ3v) is 2.33. The largest absolute Gasteiger partial charge is 0.304 e. The average Bonchev–Trinajstić information content (AvgIpc) is 2.32. The first-order valence-electron chi connectivity index (χ1n) is 4.18. The summed E-state index contributed by atoms with van der Waals surface area (Å²) in [4.78, 5) is 10.3. The molecule has 1 rings (SSSR count). The van der Waals surface area contributed by atoms with Gasteiger partial charge in [-0.3, -0.25) is 4.79 Å². The molecule has 63 valence electrons. The minimum absolute atomic E-state index is 0.0146. The van der Waals surface area contributed by atoms with Crippen molar-refractivity contribution in [2.45, 2.75) is 45.7 Å². The summed E-state index contributed by atoms with van der Waals surface area (Å²) in [6.45, 7) is 6.58. The molecule has 0 spiro atoms. The molecule has 1 saturated heterocycles. The number of hydrogen-bond donors (Lipinski definition) is 1. The minimum Gasteiger partial charge on any atom is -0.304 e. The van der Waals surface area contributed by atoms with E-state index in [1.807, 2.05) is 6.29 Å².